The normalized spacial score (nSPS) is 11.9. The predicted octanol–water partition coefficient (Wildman–Crippen LogP) is 6.50. The van der Waals surface area contributed by atoms with Crippen LogP contribution in [0.4, 0.5) is 34.6 Å². The van der Waals surface area contributed by atoms with E-state index in [0.29, 0.717) is 17.5 Å². The molecule has 1 heterocycles. The van der Waals surface area contributed by atoms with Crippen molar-refractivity contribution in [2.24, 2.45) is 10.2 Å². The van der Waals surface area contributed by atoms with Gasteiger partial charge in [-0.3, -0.25) is 13.2 Å². The third kappa shape index (κ3) is 9.00. The van der Waals surface area contributed by atoms with Crippen molar-refractivity contribution in [2.75, 3.05) is 23.8 Å². The molecule has 0 unspecified atom stereocenters. The van der Waals surface area contributed by atoms with Gasteiger partial charge in [0.05, 0.1) is 35.0 Å². The summed E-state index contributed by atoms with van der Waals surface area (Å²) in [6.45, 7) is 7.93. The number of aromatic nitrogens is 3. The quantitative estimate of drug-likeness (QED) is 0.0472. The highest BCUT2D eigenvalue weighted by molar-refractivity contribution is 7.87. The lowest BCUT2D eigenvalue weighted by Gasteiger charge is -2.16. The average molecular weight is 794 g/mol. The van der Waals surface area contributed by atoms with Crippen LogP contribution in [0.3, 0.4) is 0 Å². The number of benzene rings is 4. The fourth-order valence-corrected chi connectivity index (χ4v) is 7.48. The van der Waals surface area contributed by atoms with Crippen LogP contribution in [0.15, 0.2) is 74.6 Å². The van der Waals surface area contributed by atoms with E-state index in [1.54, 1.807) is 26.0 Å². The number of phenols is 1. The van der Waals surface area contributed by atoms with Crippen LogP contribution in [-0.4, -0.2) is 67.7 Å². The molecular formula is C35H35N7O11S2. The Morgan fingerprint density at radius 1 is 0.836 bits per heavy atom. The summed E-state index contributed by atoms with van der Waals surface area (Å²) in [5, 5.41) is 35.9. The van der Waals surface area contributed by atoms with E-state index in [1.165, 1.54) is 63.2 Å². The van der Waals surface area contributed by atoms with E-state index in [1.807, 2.05) is 0 Å². The number of azo groups is 1. The van der Waals surface area contributed by atoms with E-state index >= 15 is 0 Å². The molecule has 55 heavy (non-hydrogen) atoms. The van der Waals surface area contributed by atoms with Crippen LogP contribution in [0.1, 0.15) is 48.1 Å². The van der Waals surface area contributed by atoms with Gasteiger partial charge in [0.15, 0.2) is 11.5 Å². The van der Waals surface area contributed by atoms with Crippen LogP contribution in [0, 0.1) is 13.8 Å². The topological polar surface area (TPSA) is 258 Å². The molecule has 0 bridgehead atoms. The number of nitrogens with one attached hydrogen (secondary N) is 2. The van der Waals surface area contributed by atoms with Crippen molar-refractivity contribution in [3.05, 3.63) is 77.1 Å². The molecule has 0 saturated carbocycles. The van der Waals surface area contributed by atoms with Gasteiger partial charge in [-0.2, -0.15) is 31.8 Å². The third-order valence-electron chi connectivity index (χ3n) is 7.74. The number of hydrogen-bond acceptors (Lipinski definition) is 17. The number of ether oxygens (including phenoxy) is 1. The molecular weight excluding hydrogens is 759 g/mol. The zero-order chi connectivity index (χ0) is 40.1. The summed E-state index contributed by atoms with van der Waals surface area (Å²) < 4.78 is 67.1. The van der Waals surface area contributed by atoms with Gasteiger partial charge in [-0.05, 0) is 99.2 Å². The van der Waals surface area contributed by atoms with Gasteiger partial charge in [-0.1, -0.05) is 13.0 Å². The van der Waals surface area contributed by atoms with Crippen LogP contribution in [0.2, 0.25) is 0 Å². The predicted molar refractivity (Wildman–Crippen MR) is 199 cm³/mol. The second kappa shape index (κ2) is 16.5. The Balaban J connectivity index is 1.68. The monoisotopic (exact) mass is 793 g/mol. The maximum atomic E-state index is 13.2. The number of carboxylic acid groups (broad SMARTS) is 1. The highest BCUT2D eigenvalue weighted by Crippen LogP contribution is 2.45. The summed E-state index contributed by atoms with van der Waals surface area (Å²) in [5.74, 6) is -1.84. The summed E-state index contributed by atoms with van der Waals surface area (Å²) >= 11 is 0. The molecule has 0 spiro atoms. The first kappa shape index (κ1) is 40.1. The van der Waals surface area contributed by atoms with E-state index in [4.69, 9.17) is 13.1 Å². The van der Waals surface area contributed by atoms with Crippen molar-refractivity contribution in [1.82, 2.24) is 15.0 Å². The number of carbonyl (C=O) groups is 2. The number of phenolic OH excluding ortho intramolecular Hbond substituents is 1. The Morgan fingerprint density at radius 2 is 1.51 bits per heavy atom. The van der Waals surface area contributed by atoms with E-state index in [-0.39, 0.29) is 92.0 Å². The van der Waals surface area contributed by atoms with Crippen LogP contribution in [-0.2, 0) is 39.8 Å². The minimum absolute atomic E-state index is 0.0169. The number of aromatic hydroxyl groups is 1. The number of carboxylic acids is 1. The fraction of sp³-hybridized carbons (Fsp3) is 0.229. The smallest absolute Gasteiger partial charge is 0.335 e. The first-order valence-corrected chi connectivity index (χ1v) is 19.3. The van der Waals surface area contributed by atoms with Crippen LogP contribution in [0.25, 0.3) is 10.8 Å². The van der Waals surface area contributed by atoms with Crippen molar-refractivity contribution >= 4 is 78.1 Å². The Morgan fingerprint density at radius 3 is 2.15 bits per heavy atom. The molecule has 0 aliphatic heterocycles. The van der Waals surface area contributed by atoms with Gasteiger partial charge in [0.2, 0.25) is 11.9 Å². The van der Waals surface area contributed by atoms with E-state index < -0.39 is 32.0 Å². The fourth-order valence-electron chi connectivity index (χ4n) is 5.37. The molecule has 0 atom stereocenters. The molecule has 5 rings (SSSR count). The zero-order valence-electron chi connectivity index (χ0n) is 30.0. The Labute approximate surface area is 315 Å². The molecule has 4 N–H and O–H groups in total. The summed E-state index contributed by atoms with van der Waals surface area (Å²) in [6, 6.07) is 12.3. The zero-order valence-corrected chi connectivity index (χ0v) is 31.6. The molecule has 0 saturated heterocycles. The second-order valence-corrected chi connectivity index (χ2v) is 14.8. The van der Waals surface area contributed by atoms with Crippen molar-refractivity contribution < 1.29 is 49.7 Å². The first-order chi connectivity index (χ1) is 26.1. The van der Waals surface area contributed by atoms with Gasteiger partial charge < -0.3 is 25.6 Å². The van der Waals surface area contributed by atoms with Gasteiger partial charge in [0, 0.05) is 5.39 Å². The number of nitrogens with zero attached hydrogens (tertiary/aromatic N) is 5. The number of aryl methyl sites for hydroxylation is 3. The summed E-state index contributed by atoms with van der Waals surface area (Å²) in [7, 11) is -8.50. The van der Waals surface area contributed by atoms with Gasteiger partial charge in [-0.25, -0.2) is 4.79 Å². The molecule has 0 fully saturated rings. The van der Waals surface area contributed by atoms with Gasteiger partial charge >= 0.3 is 5.97 Å². The molecule has 5 aromatic rings. The number of anilines is 4. The largest absolute Gasteiger partial charge is 0.505 e. The number of rotatable bonds is 16. The molecule has 0 amide bonds. The third-order valence-corrected chi connectivity index (χ3v) is 10.5. The summed E-state index contributed by atoms with van der Waals surface area (Å²) in [5.41, 5.74) is 0.868. The van der Waals surface area contributed by atoms with Gasteiger partial charge in [-0.15, -0.1) is 10.2 Å². The Bertz CT molecular complexity index is 2560. The van der Waals surface area contributed by atoms with Crippen molar-refractivity contribution in [3.8, 4) is 11.5 Å². The summed E-state index contributed by atoms with van der Waals surface area (Å²) in [4.78, 5) is 35.1. The minimum Gasteiger partial charge on any atom is -0.505 e. The molecule has 18 nitrogen and oxygen atoms in total. The molecule has 0 radical (unpaired) electrons. The molecule has 0 aliphatic carbocycles. The second-order valence-electron chi connectivity index (χ2n) is 11.6. The minimum atomic E-state index is -4.30. The Hall–Kier alpha value is -6.09. The maximum Gasteiger partial charge on any atom is 0.335 e. The van der Waals surface area contributed by atoms with Gasteiger partial charge in [0.1, 0.15) is 22.1 Å². The van der Waals surface area contributed by atoms with Crippen LogP contribution in [0.5, 0.6) is 11.5 Å². The van der Waals surface area contributed by atoms with E-state index in [0.717, 1.165) is 0 Å². The van der Waals surface area contributed by atoms with Crippen molar-refractivity contribution in [1.29, 1.82) is 0 Å². The Kier molecular flexibility index (Phi) is 12.0. The van der Waals surface area contributed by atoms with Crippen molar-refractivity contribution in [3.63, 3.8) is 0 Å². The molecule has 288 valence electrons. The number of fused-ring (bicyclic) bond motifs is 1. The van der Waals surface area contributed by atoms with E-state index in [2.05, 4.69) is 35.8 Å². The number of carbonyl (C=O) groups excluding carboxylic acids is 1. The summed E-state index contributed by atoms with van der Waals surface area (Å²) in [6.07, 6.45) is 0.293. The lowest BCUT2D eigenvalue weighted by molar-refractivity contribution is -0.120. The van der Waals surface area contributed by atoms with E-state index in [9.17, 15) is 36.6 Å². The van der Waals surface area contributed by atoms with Crippen LogP contribution >= 0.6 is 0 Å². The lowest BCUT2D eigenvalue weighted by Crippen LogP contribution is -2.09. The highest BCUT2D eigenvalue weighted by atomic mass is 32.2. The molecule has 20 heteroatoms. The average Bonchev–Trinajstić information content (AvgIpc) is 3.11. The van der Waals surface area contributed by atoms with Gasteiger partial charge in [0.25, 0.3) is 26.7 Å². The van der Waals surface area contributed by atoms with Crippen LogP contribution < -0.4 is 15.4 Å². The lowest BCUT2D eigenvalue weighted by atomic mass is 10.0. The molecule has 4 aromatic carbocycles. The van der Waals surface area contributed by atoms with Crippen molar-refractivity contribution in [2.45, 2.75) is 50.8 Å². The standard InChI is InChI=1S/C35H35N7O11S2/c1-6-21-14-23-15-24(54(47,48)52-7-2)17-27(30(23)32(44)31(21)42-41-25-11-9-19(4)13-29(25)55(49,50)53-8-3)39-35-37-20(5)36-34(40-35)38-26-16-22(33(45)46)10-12-28(26)51-18-43/h9-18,44H,6-8H2,1-5H3,(H,45,46)(H2,36,37,38,39,40). The first-order valence-electron chi connectivity index (χ1n) is 16.5. The molecule has 0 aliphatic rings. The number of aromatic carboxylic acids is 1. The maximum absolute atomic E-state index is 13.2. The molecule has 1 aromatic heterocycles. The number of hydrogen-bond donors (Lipinski definition) is 4. The SMILES string of the molecule is CCOS(=O)(=O)c1cc(Nc2nc(C)nc(Nc3cc(C(=O)O)ccc3OC=O)n2)c2c(O)c(N=Nc3ccc(C)cc3S(=O)(=O)OCC)c(CC)cc2c1. The highest BCUT2D eigenvalue weighted by Gasteiger charge is 2.24.